The lowest BCUT2D eigenvalue weighted by atomic mass is 9.86. The van der Waals surface area contributed by atoms with E-state index in [-0.39, 0.29) is 36.1 Å². The van der Waals surface area contributed by atoms with Crippen LogP contribution < -0.4 is 10.6 Å². The van der Waals surface area contributed by atoms with Gasteiger partial charge in [-0.1, -0.05) is 20.8 Å². The van der Waals surface area contributed by atoms with Crippen molar-refractivity contribution in [3.63, 3.8) is 0 Å². The van der Waals surface area contributed by atoms with Crippen molar-refractivity contribution in [3.05, 3.63) is 18.1 Å². The molecule has 0 aliphatic carbocycles. The van der Waals surface area contributed by atoms with E-state index < -0.39 is 6.04 Å². The number of anilines is 1. The molecule has 26 heavy (non-hydrogen) atoms. The Hall–Kier alpha value is -1.64. The average Bonchev–Trinajstić information content (AvgIpc) is 3.00. The Morgan fingerprint density at radius 3 is 2.38 bits per heavy atom. The van der Waals surface area contributed by atoms with Crippen LogP contribution in [0.4, 0.5) is 5.82 Å². The summed E-state index contributed by atoms with van der Waals surface area (Å²) >= 11 is 0. The molecule has 1 amide bonds. The maximum atomic E-state index is 12.6. The van der Waals surface area contributed by atoms with E-state index in [1.165, 1.54) is 6.33 Å². The van der Waals surface area contributed by atoms with E-state index in [1.807, 2.05) is 38.7 Å². The fraction of sp³-hybridized carbons (Fsp3) is 0.625. The van der Waals surface area contributed by atoms with E-state index in [0.717, 1.165) is 24.6 Å². The molecule has 1 saturated heterocycles. The van der Waals surface area contributed by atoms with Gasteiger partial charge in [-0.25, -0.2) is 4.98 Å². The highest BCUT2D eigenvalue weighted by Crippen LogP contribution is 2.21. The van der Waals surface area contributed by atoms with Gasteiger partial charge in [-0.15, -0.1) is 24.8 Å². The Bertz CT molecular complexity index is 751. The van der Waals surface area contributed by atoms with Gasteiger partial charge in [-0.2, -0.15) is 14.6 Å². The number of halogens is 2. The minimum absolute atomic E-state index is 0. The number of hydrogen-bond acceptors (Lipinski definition) is 6. The molecule has 0 radical (unpaired) electrons. The number of aryl methyl sites for hydroxylation is 1. The van der Waals surface area contributed by atoms with Gasteiger partial charge in [0.25, 0.3) is 5.78 Å². The lowest BCUT2D eigenvalue weighted by Crippen LogP contribution is -2.56. The van der Waals surface area contributed by atoms with Gasteiger partial charge >= 0.3 is 0 Å². The topological polar surface area (TPSA) is 92.7 Å². The van der Waals surface area contributed by atoms with E-state index in [9.17, 15) is 4.79 Å². The quantitative estimate of drug-likeness (QED) is 0.811. The SMILES string of the molecule is Cc1cc(N2CCN(C(=O)[C@@H](N)C(C)(C)C)CC2)n2ncnc2n1.Cl.Cl. The Morgan fingerprint density at radius 2 is 1.81 bits per heavy atom. The molecule has 8 nitrogen and oxygen atoms in total. The number of rotatable bonds is 2. The van der Waals surface area contributed by atoms with Gasteiger partial charge in [-0.05, 0) is 12.3 Å². The molecule has 1 aliphatic heterocycles. The van der Waals surface area contributed by atoms with Crippen LogP contribution in [0.15, 0.2) is 12.4 Å². The van der Waals surface area contributed by atoms with Gasteiger partial charge < -0.3 is 15.5 Å². The number of nitrogens with zero attached hydrogens (tertiary/aromatic N) is 6. The van der Waals surface area contributed by atoms with Crippen LogP contribution in [-0.2, 0) is 4.79 Å². The maximum absolute atomic E-state index is 12.6. The molecule has 0 unspecified atom stereocenters. The average molecular weight is 404 g/mol. The van der Waals surface area contributed by atoms with Gasteiger partial charge in [0.05, 0.1) is 6.04 Å². The van der Waals surface area contributed by atoms with Crippen LogP contribution in [0, 0.1) is 12.3 Å². The minimum Gasteiger partial charge on any atom is -0.353 e. The van der Waals surface area contributed by atoms with Crippen LogP contribution in [0.5, 0.6) is 0 Å². The predicted molar refractivity (Wildman–Crippen MR) is 106 cm³/mol. The second-order valence-electron chi connectivity index (χ2n) is 7.38. The molecule has 0 saturated carbocycles. The van der Waals surface area contributed by atoms with Crippen molar-refractivity contribution in [1.82, 2.24) is 24.5 Å². The highest BCUT2D eigenvalue weighted by molar-refractivity contribution is 5.85. The number of piperazine rings is 1. The summed E-state index contributed by atoms with van der Waals surface area (Å²) in [4.78, 5) is 25.2. The van der Waals surface area contributed by atoms with Gasteiger partial charge in [0, 0.05) is 37.9 Å². The van der Waals surface area contributed by atoms with Crippen LogP contribution in [0.2, 0.25) is 0 Å². The largest absolute Gasteiger partial charge is 0.353 e. The number of fused-ring (bicyclic) bond motifs is 1. The number of aromatic nitrogens is 4. The minimum atomic E-state index is -0.478. The van der Waals surface area contributed by atoms with Gasteiger partial charge in [-0.3, -0.25) is 4.79 Å². The predicted octanol–water partition coefficient (Wildman–Crippen LogP) is 1.30. The molecule has 0 aromatic carbocycles. The molecule has 3 rings (SSSR count). The standard InChI is InChI=1S/C16H25N7O.2ClH/c1-11-9-12(23-15(20-11)18-10-19-23)21-5-7-22(8-6-21)14(24)13(17)16(2,3)4;;/h9-10,13H,5-8,17H2,1-4H3;2*1H/t13-;;/m1../s1. The molecule has 1 atom stereocenters. The third-order valence-corrected chi connectivity index (χ3v) is 4.48. The highest BCUT2D eigenvalue weighted by atomic mass is 35.5. The van der Waals surface area contributed by atoms with Crippen LogP contribution in [0.25, 0.3) is 5.78 Å². The Morgan fingerprint density at radius 1 is 1.19 bits per heavy atom. The maximum Gasteiger partial charge on any atom is 0.254 e. The number of nitrogens with two attached hydrogens (primary N) is 1. The van der Waals surface area contributed by atoms with Gasteiger partial charge in [0.2, 0.25) is 5.91 Å². The molecule has 1 fully saturated rings. The van der Waals surface area contributed by atoms with E-state index >= 15 is 0 Å². The summed E-state index contributed by atoms with van der Waals surface area (Å²) in [5.41, 5.74) is 6.78. The first-order valence-corrected chi connectivity index (χ1v) is 8.24. The molecule has 3 heterocycles. The molecular formula is C16H27Cl2N7O. The first-order chi connectivity index (χ1) is 11.3. The second kappa shape index (κ2) is 8.37. The van der Waals surface area contributed by atoms with E-state index in [4.69, 9.17) is 5.73 Å². The zero-order chi connectivity index (χ0) is 17.5. The van der Waals surface area contributed by atoms with Crippen molar-refractivity contribution >= 4 is 42.3 Å². The smallest absolute Gasteiger partial charge is 0.254 e. The van der Waals surface area contributed by atoms with Crippen molar-refractivity contribution in [3.8, 4) is 0 Å². The Balaban J connectivity index is 0.00000169. The van der Waals surface area contributed by atoms with Crippen molar-refractivity contribution < 1.29 is 4.79 Å². The molecule has 10 heteroatoms. The van der Waals surface area contributed by atoms with Crippen molar-refractivity contribution in [2.45, 2.75) is 33.7 Å². The molecule has 0 spiro atoms. The number of carbonyl (C=O) groups excluding carboxylic acids is 1. The zero-order valence-electron chi connectivity index (χ0n) is 15.5. The second-order valence-corrected chi connectivity index (χ2v) is 7.38. The zero-order valence-corrected chi connectivity index (χ0v) is 17.2. The third kappa shape index (κ3) is 4.36. The first-order valence-electron chi connectivity index (χ1n) is 8.24. The number of carbonyl (C=O) groups is 1. The highest BCUT2D eigenvalue weighted by Gasteiger charge is 2.32. The molecule has 1 aliphatic rings. The first kappa shape index (κ1) is 22.4. The molecule has 146 valence electrons. The molecule has 2 N–H and O–H groups in total. The van der Waals surface area contributed by atoms with Crippen molar-refractivity contribution in [1.29, 1.82) is 0 Å². The summed E-state index contributed by atoms with van der Waals surface area (Å²) in [5, 5.41) is 4.25. The monoisotopic (exact) mass is 403 g/mol. The molecule has 2 aromatic rings. The lowest BCUT2D eigenvalue weighted by Gasteiger charge is -2.38. The van der Waals surface area contributed by atoms with Gasteiger partial charge in [0.1, 0.15) is 12.1 Å². The molecule has 2 aromatic heterocycles. The number of amides is 1. The number of hydrogen-bond donors (Lipinski definition) is 1. The fourth-order valence-electron chi connectivity index (χ4n) is 2.86. The third-order valence-electron chi connectivity index (χ3n) is 4.48. The van der Waals surface area contributed by atoms with E-state index in [2.05, 4.69) is 20.0 Å². The van der Waals surface area contributed by atoms with Crippen molar-refractivity contribution in [2.24, 2.45) is 11.1 Å². The van der Waals surface area contributed by atoms with Crippen LogP contribution in [0.1, 0.15) is 26.5 Å². The summed E-state index contributed by atoms with van der Waals surface area (Å²) in [6.07, 6.45) is 1.51. The van der Waals surface area contributed by atoms with E-state index in [1.54, 1.807) is 4.52 Å². The fourth-order valence-corrected chi connectivity index (χ4v) is 2.86. The normalized spacial score (nSPS) is 16.0. The summed E-state index contributed by atoms with van der Waals surface area (Å²) in [6, 6.07) is 1.52. The summed E-state index contributed by atoms with van der Waals surface area (Å²) in [5.74, 6) is 1.58. The Labute approximate surface area is 166 Å². The summed E-state index contributed by atoms with van der Waals surface area (Å²) in [6.45, 7) is 10.7. The lowest BCUT2D eigenvalue weighted by molar-refractivity contribution is -0.135. The van der Waals surface area contributed by atoms with Crippen LogP contribution in [-0.4, -0.2) is 62.6 Å². The summed E-state index contributed by atoms with van der Waals surface area (Å²) in [7, 11) is 0. The Kier molecular flexibility index (Phi) is 7.21. The molecule has 0 bridgehead atoms. The van der Waals surface area contributed by atoms with Gasteiger partial charge in [0.15, 0.2) is 0 Å². The van der Waals surface area contributed by atoms with E-state index in [0.29, 0.717) is 18.9 Å². The van der Waals surface area contributed by atoms with Crippen LogP contribution >= 0.6 is 24.8 Å². The van der Waals surface area contributed by atoms with Crippen molar-refractivity contribution in [2.75, 3.05) is 31.1 Å². The van der Waals surface area contributed by atoms with Crippen LogP contribution in [0.3, 0.4) is 0 Å². The molecular weight excluding hydrogens is 377 g/mol. The summed E-state index contributed by atoms with van der Waals surface area (Å²) < 4.78 is 1.74.